The molecule has 1 rings (SSSR count). The lowest BCUT2D eigenvalue weighted by Gasteiger charge is -2.26. The van der Waals surface area contributed by atoms with Crippen LogP contribution in [0, 0.1) is 5.41 Å². The SMILES string of the molecule is CCCC(CN)(Cc1ncccn1)C(=O)O. The van der Waals surface area contributed by atoms with Crippen molar-refractivity contribution in [1.29, 1.82) is 0 Å². The second-order valence-corrected chi connectivity index (χ2v) is 3.88. The molecular formula is C11H17N3O2. The van der Waals surface area contributed by atoms with E-state index in [1.807, 2.05) is 6.92 Å². The van der Waals surface area contributed by atoms with Crippen LogP contribution in [0.5, 0.6) is 0 Å². The summed E-state index contributed by atoms with van der Waals surface area (Å²) in [5, 5.41) is 9.28. The van der Waals surface area contributed by atoms with Gasteiger partial charge in [0.1, 0.15) is 5.82 Å². The second-order valence-electron chi connectivity index (χ2n) is 3.88. The summed E-state index contributed by atoms with van der Waals surface area (Å²) in [6.45, 7) is 2.05. The largest absolute Gasteiger partial charge is 0.481 e. The van der Waals surface area contributed by atoms with E-state index in [2.05, 4.69) is 9.97 Å². The summed E-state index contributed by atoms with van der Waals surface area (Å²) in [6.07, 6.45) is 4.82. The Balaban J connectivity index is 2.90. The molecule has 0 saturated carbocycles. The number of hydrogen-bond donors (Lipinski definition) is 2. The van der Waals surface area contributed by atoms with Gasteiger partial charge in [-0.3, -0.25) is 4.79 Å². The lowest BCUT2D eigenvalue weighted by Crippen LogP contribution is -2.41. The van der Waals surface area contributed by atoms with Gasteiger partial charge in [-0.05, 0) is 12.5 Å². The van der Waals surface area contributed by atoms with Crippen LogP contribution in [0.15, 0.2) is 18.5 Å². The van der Waals surface area contributed by atoms with Crippen molar-refractivity contribution in [1.82, 2.24) is 9.97 Å². The quantitative estimate of drug-likeness (QED) is 0.746. The van der Waals surface area contributed by atoms with E-state index in [1.165, 1.54) is 0 Å². The maximum atomic E-state index is 11.3. The number of aromatic nitrogens is 2. The molecule has 0 fully saturated rings. The predicted octanol–water partition coefficient (Wildman–Crippen LogP) is 0.849. The highest BCUT2D eigenvalue weighted by Gasteiger charge is 2.37. The lowest BCUT2D eigenvalue weighted by molar-refractivity contribution is -0.149. The molecular weight excluding hydrogens is 206 g/mol. The zero-order valence-electron chi connectivity index (χ0n) is 9.39. The Labute approximate surface area is 94.7 Å². The highest BCUT2D eigenvalue weighted by atomic mass is 16.4. The van der Waals surface area contributed by atoms with Gasteiger partial charge in [0, 0.05) is 25.4 Å². The van der Waals surface area contributed by atoms with E-state index in [9.17, 15) is 9.90 Å². The zero-order valence-corrected chi connectivity index (χ0v) is 9.39. The third kappa shape index (κ3) is 2.76. The van der Waals surface area contributed by atoms with Gasteiger partial charge in [-0.2, -0.15) is 0 Å². The Kier molecular flexibility index (Phi) is 4.37. The summed E-state index contributed by atoms with van der Waals surface area (Å²) in [6, 6.07) is 1.70. The Morgan fingerprint density at radius 3 is 2.56 bits per heavy atom. The Bertz CT molecular complexity index is 342. The molecule has 0 amide bonds. The summed E-state index contributed by atoms with van der Waals surface area (Å²) < 4.78 is 0. The lowest BCUT2D eigenvalue weighted by atomic mass is 9.80. The molecule has 1 heterocycles. The van der Waals surface area contributed by atoms with Crippen molar-refractivity contribution >= 4 is 5.97 Å². The molecule has 0 saturated heterocycles. The molecule has 1 atom stereocenters. The standard InChI is InChI=1S/C11H17N3O2/c1-2-4-11(8-12,10(15)16)7-9-13-5-3-6-14-9/h3,5-6H,2,4,7-8,12H2,1H3,(H,15,16). The van der Waals surface area contributed by atoms with Crippen molar-refractivity contribution in [2.24, 2.45) is 11.1 Å². The first-order valence-corrected chi connectivity index (χ1v) is 5.34. The van der Waals surface area contributed by atoms with Gasteiger partial charge in [0.15, 0.2) is 0 Å². The highest BCUT2D eigenvalue weighted by molar-refractivity contribution is 5.75. The normalized spacial score (nSPS) is 14.4. The smallest absolute Gasteiger partial charge is 0.311 e. The van der Waals surface area contributed by atoms with Gasteiger partial charge in [-0.15, -0.1) is 0 Å². The van der Waals surface area contributed by atoms with E-state index < -0.39 is 11.4 Å². The molecule has 16 heavy (non-hydrogen) atoms. The first kappa shape index (κ1) is 12.6. The van der Waals surface area contributed by atoms with E-state index >= 15 is 0 Å². The highest BCUT2D eigenvalue weighted by Crippen LogP contribution is 2.26. The minimum absolute atomic E-state index is 0.106. The van der Waals surface area contributed by atoms with E-state index in [4.69, 9.17) is 5.73 Å². The molecule has 0 aliphatic heterocycles. The van der Waals surface area contributed by atoms with Crippen molar-refractivity contribution in [3.8, 4) is 0 Å². The number of nitrogens with two attached hydrogens (primary N) is 1. The maximum absolute atomic E-state index is 11.3. The number of carbonyl (C=O) groups is 1. The molecule has 0 bridgehead atoms. The van der Waals surface area contributed by atoms with E-state index in [0.717, 1.165) is 6.42 Å². The molecule has 0 spiro atoms. The third-order valence-corrected chi connectivity index (χ3v) is 2.69. The molecule has 0 aromatic carbocycles. The third-order valence-electron chi connectivity index (χ3n) is 2.69. The molecule has 5 nitrogen and oxygen atoms in total. The van der Waals surface area contributed by atoms with E-state index in [1.54, 1.807) is 18.5 Å². The van der Waals surface area contributed by atoms with Gasteiger partial charge in [0.25, 0.3) is 0 Å². The van der Waals surface area contributed by atoms with Crippen molar-refractivity contribution in [2.75, 3.05) is 6.54 Å². The average molecular weight is 223 g/mol. The Hall–Kier alpha value is -1.49. The monoisotopic (exact) mass is 223 g/mol. The van der Waals surface area contributed by atoms with Crippen LogP contribution in [0.2, 0.25) is 0 Å². The number of carboxylic acid groups (broad SMARTS) is 1. The van der Waals surface area contributed by atoms with Crippen LogP contribution in [-0.2, 0) is 11.2 Å². The number of nitrogens with zero attached hydrogens (tertiary/aromatic N) is 2. The number of carboxylic acids is 1. The van der Waals surface area contributed by atoms with Gasteiger partial charge in [0.2, 0.25) is 0 Å². The van der Waals surface area contributed by atoms with Crippen LogP contribution >= 0.6 is 0 Å². The molecule has 0 aliphatic carbocycles. The van der Waals surface area contributed by atoms with Gasteiger partial charge < -0.3 is 10.8 Å². The predicted molar refractivity (Wildman–Crippen MR) is 59.8 cm³/mol. The van der Waals surface area contributed by atoms with Crippen molar-refractivity contribution in [3.63, 3.8) is 0 Å². The van der Waals surface area contributed by atoms with Crippen LogP contribution in [0.1, 0.15) is 25.6 Å². The summed E-state index contributed by atoms with van der Waals surface area (Å²) in [5.74, 6) is -0.340. The fourth-order valence-electron chi connectivity index (χ4n) is 1.73. The molecule has 88 valence electrons. The average Bonchev–Trinajstić information content (AvgIpc) is 2.29. The van der Waals surface area contributed by atoms with Gasteiger partial charge in [-0.25, -0.2) is 9.97 Å². The second kappa shape index (κ2) is 5.55. The molecule has 1 aromatic rings. The van der Waals surface area contributed by atoms with Crippen LogP contribution in [-0.4, -0.2) is 27.6 Å². The van der Waals surface area contributed by atoms with Crippen molar-refractivity contribution < 1.29 is 9.90 Å². The fraction of sp³-hybridized carbons (Fsp3) is 0.545. The summed E-state index contributed by atoms with van der Waals surface area (Å²) >= 11 is 0. The van der Waals surface area contributed by atoms with Crippen LogP contribution in [0.4, 0.5) is 0 Å². The number of rotatable bonds is 6. The summed E-state index contributed by atoms with van der Waals surface area (Å²) in [7, 11) is 0. The van der Waals surface area contributed by atoms with Crippen LogP contribution < -0.4 is 5.73 Å². The molecule has 0 radical (unpaired) electrons. The summed E-state index contributed by atoms with van der Waals surface area (Å²) in [4.78, 5) is 19.4. The maximum Gasteiger partial charge on any atom is 0.311 e. The first-order valence-electron chi connectivity index (χ1n) is 5.34. The number of aliphatic carboxylic acids is 1. The van der Waals surface area contributed by atoms with Crippen LogP contribution in [0.3, 0.4) is 0 Å². The van der Waals surface area contributed by atoms with E-state index in [-0.39, 0.29) is 13.0 Å². The molecule has 5 heteroatoms. The summed E-state index contributed by atoms with van der Waals surface area (Å²) in [5.41, 5.74) is 4.67. The van der Waals surface area contributed by atoms with Crippen LogP contribution in [0.25, 0.3) is 0 Å². The molecule has 3 N–H and O–H groups in total. The Morgan fingerprint density at radius 1 is 1.50 bits per heavy atom. The van der Waals surface area contributed by atoms with Crippen molar-refractivity contribution in [2.45, 2.75) is 26.2 Å². The van der Waals surface area contributed by atoms with Gasteiger partial charge >= 0.3 is 5.97 Å². The molecule has 1 unspecified atom stereocenters. The molecule has 0 aliphatic rings. The zero-order chi connectivity index (χ0) is 12.0. The van der Waals surface area contributed by atoms with Gasteiger partial charge in [-0.1, -0.05) is 13.3 Å². The number of hydrogen-bond acceptors (Lipinski definition) is 4. The first-order chi connectivity index (χ1) is 7.64. The van der Waals surface area contributed by atoms with Gasteiger partial charge in [0.05, 0.1) is 5.41 Å². The van der Waals surface area contributed by atoms with Crippen molar-refractivity contribution in [3.05, 3.63) is 24.3 Å². The topological polar surface area (TPSA) is 89.1 Å². The fourth-order valence-corrected chi connectivity index (χ4v) is 1.73. The van der Waals surface area contributed by atoms with E-state index in [0.29, 0.717) is 12.2 Å². The minimum atomic E-state index is -0.934. The minimum Gasteiger partial charge on any atom is -0.481 e. The Morgan fingerprint density at radius 2 is 2.12 bits per heavy atom. The molecule has 1 aromatic heterocycles.